The third-order valence-corrected chi connectivity index (χ3v) is 11.5. The predicted octanol–water partition coefficient (Wildman–Crippen LogP) is 13.2. The van der Waals surface area contributed by atoms with Gasteiger partial charge in [-0.3, -0.25) is 5.32 Å². The first-order chi connectivity index (χ1) is 26.8. The first-order valence-corrected chi connectivity index (χ1v) is 18.8. The molecule has 2 nitrogen and oxygen atoms in total. The van der Waals surface area contributed by atoms with E-state index in [-0.39, 0.29) is 12.2 Å². The summed E-state index contributed by atoms with van der Waals surface area (Å²) in [6.45, 7) is 0. The Morgan fingerprint density at radius 3 is 1.63 bits per heavy atom. The van der Waals surface area contributed by atoms with Crippen LogP contribution in [0.2, 0.25) is 0 Å². The van der Waals surface area contributed by atoms with E-state index in [9.17, 15) is 0 Å². The summed E-state index contributed by atoms with van der Waals surface area (Å²) in [4.78, 5) is 0. The fourth-order valence-electron chi connectivity index (χ4n) is 8.91. The van der Waals surface area contributed by atoms with Crippen LogP contribution in [0, 0.1) is 0 Å². The van der Waals surface area contributed by atoms with Gasteiger partial charge in [-0.1, -0.05) is 176 Å². The quantitative estimate of drug-likeness (QED) is 0.142. The summed E-state index contributed by atoms with van der Waals surface area (Å²) < 4.78 is 0. The van der Waals surface area contributed by atoms with Crippen molar-refractivity contribution < 1.29 is 0 Å². The van der Waals surface area contributed by atoms with Crippen LogP contribution in [0.15, 0.2) is 194 Å². The van der Waals surface area contributed by atoms with Gasteiger partial charge >= 0.3 is 0 Å². The van der Waals surface area contributed by atoms with E-state index in [1.807, 2.05) is 0 Å². The minimum Gasteiger partial charge on any atom is -0.366 e. The van der Waals surface area contributed by atoms with Crippen molar-refractivity contribution in [1.82, 2.24) is 10.6 Å². The third kappa shape index (κ3) is 4.99. The summed E-state index contributed by atoms with van der Waals surface area (Å²) in [6.07, 6.45) is 2.30. The second-order valence-electron chi connectivity index (χ2n) is 14.5. The molecule has 1 aliphatic heterocycles. The van der Waals surface area contributed by atoms with Crippen molar-refractivity contribution in [3.05, 3.63) is 211 Å². The smallest absolute Gasteiger partial charge is 0.104 e. The standard InChI is InChI=1S/C52H36N2/c1-2-14-35(15-3-1)52-53-49(38-25-26-41-37(30-38)24-28-43-39-17-7-4-12-33(39)22-27-44(41)43)32-50(54-52)45-20-10-11-21-46(45)51-42-19-9-6-16-36(42)31-48-40-18-8-5-13-34(40)23-29-47(48)51/h1-32,49,52-54H. The molecule has 0 radical (unpaired) electrons. The summed E-state index contributed by atoms with van der Waals surface area (Å²) in [5.74, 6) is 0. The molecule has 0 spiro atoms. The highest BCUT2D eigenvalue weighted by molar-refractivity contribution is 6.21. The van der Waals surface area contributed by atoms with Gasteiger partial charge in [-0.2, -0.15) is 0 Å². The van der Waals surface area contributed by atoms with E-state index in [4.69, 9.17) is 0 Å². The van der Waals surface area contributed by atoms with E-state index in [1.54, 1.807) is 0 Å². The van der Waals surface area contributed by atoms with Crippen molar-refractivity contribution in [3.63, 3.8) is 0 Å². The summed E-state index contributed by atoms with van der Waals surface area (Å²) in [7, 11) is 0. The molecule has 10 aromatic rings. The van der Waals surface area contributed by atoms with E-state index in [1.165, 1.54) is 92.5 Å². The minimum atomic E-state index is -0.0869. The van der Waals surface area contributed by atoms with Gasteiger partial charge in [0, 0.05) is 11.3 Å². The maximum atomic E-state index is 3.96. The average Bonchev–Trinajstić information content (AvgIpc) is 3.25. The molecule has 54 heavy (non-hydrogen) atoms. The largest absolute Gasteiger partial charge is 0.366 e. The summed E-state index contributed by atoms with van der Waals surface area (Å²) in [6, 6.07) is 69.0. The lowest BCUT2D eigenvalue weighted by molar-refractivity contribution is 0.443. The molecule has 0 saturated carbocycles. The van der Waals surface area contributed by atoms with Gasteiger partial charge in [-0.05, 0) is 105 Å². The number of nitrogens with one attached hydrogen (secondary N) is 2. The zero-order valence-corrected chi connectivity index (χ0v) is 29.6. The van der Waals surface area contributed by atoms with Crippen molar-refractivity contribution in [3.8, 4) is 11.1 Å². The Balaban J connectivity index is 1.10. The minimum absolute atomic E-state index is 0.0237. The van der Waals surface area contributed by atoms with Crippen LogP contribution in [-0.4, -0.2) is 0 Å². The van der Waals surface area contributed by atoms with Crippen molar-refractivity contribution >= 4 is 70.3 Å². The first-order valence-electron chi connectivity index (χ1n) is 18.8. The molecular formula is C52H36N2. The molecule has 0 bridgehead atoms. The Kier molecular flexibility index (Phi) is 7.11. The number of rotatable bonds is 4. The highest BCUT2D eigenvalue weighted by Crippen LogP contribution is 2.43. The van der Waals surface area contributed by atoms with Gasteiger partial charge < -0.3 is 5.32 Å². The average molecular weight is 689 g/mol. The molecule has 2 unspecified atom stereocenters. The molecular weight excluding hydrogens is 653 g/mol. The Bertz CT molecular complexity index is 3120. The lowest BCUT2D eigenvalue weighted by atomic mass is 9.86. The molecule has 2 heteroatoms. The zero-order chi connectivity index (χ0) is 35.6. The van der Waals surface area contributed by atoms with Crippen LogP contribution in [0.1, 0.15) is 28.9 Å². The second kappa shape index (κ2) is 12.4. The number of hydrogen-bond donors (Lipinski definition) is 2. The fourth-order valence-corrected chi connectivity index (χ4v) is 8.91. The van der Waals surface area contributed by atoms with Gasteiger partial charge in [0.25, 0.3) is 0 Å². The third-order valence-electron chi connectivity index (χ3n) is 11.5. The number of hydrogen-bond acceptors (Lipinski definition) is 2. The Morgan fingerprint density at radius 1 is 0.333 bits per heavy atom. The molecule has 1 heterocycles. The van der Waals surface area contributed by atoms with E-state index in [0.29, 0.717) is 0 Å². The lowest BCUT2D eigenvalue weighted by Crippen LogP contribution is -2.39. The molecule has 10 aromatic carbocycles. The van der Waals surface area contributed by atoms with Crippen molar-refractivity contribution in [2.75, 3.05) is 0 Å². The van der Waals surface area contributed by atoms with Crippen LogP contribution in [0.4, 0.5) is 0 Å². The Morgan fingerprint density at radius 2 is 0.870 bits per heavy atom. The molecule has 0 amide bonds. The summed E-state index contributed by atoms with van der Waals surface area (Å²) in [5.41, 5.74) is 7.24. The molecule has 254 valence electrons. The number of benzene rings is 10. The highest BCUT2D eigenvalue weighted by atomic mass is 15.2. The topological polar surface area (TPSA) is 24.1 Å². The summed E-state index contributed by atoms with van der Waals surface area (Å²) in [5, 5.41) is 23.2. The SMILES string of the molecule is C1=C(c2ccccc2-c2c3ccccc3cc3c2ccc2ccccc23)NC(c2ccccc2)NC1c1ccc2c(ccc3c4ccccc4ccc23)c1. The van der Waals surface area contributed by atoms with E-state index in [2.05, 4.69) is 205 Å². The predicted molar refractivity (Wildman–Crippen MR) is 230 cm³/mol. The van der Waals surface area contributed by atoms with E-state index >= 15 is 0 Å². The fraction of sp³-hybridized carbons (Fsp3) is 0.0385. The molecule has 0 aromatic heterocycles. The molecule has 1 aliphatic rings. The van der Waals surface area contributed by atoms with Gasteiger partial charge in [0.1, 0.15) is 6.17 Å². The highest BCUT2D eigenvalue weighted by Gasteiger charge is 2.26. The van der Waals surface area contributed by atoms with Crippen LogP contribution < -0.4 is 10.6 Å². The molecule has 0 saturated heterocycles. The molecule has 0 fully saturated rings. The van der Waals surface area contributed by atoms with Gasteiger partial charge in [-0.15, -0.1) is 0 Å². The monoisotopic (exact) mass is 688 g/mol. The van der Waals surface area contributed by atoms with Gasteiger partial charge in [0.2, 0.25) is 0 Å². The van der Waals surface area contributed by atoms with Crippen LogP contribution in [-0.2, 0) is 0 Å². The van der Waals surface area contributed by atoms with Crippen LogP contribution in [0.5, 0.6) is 0 Å². The van der Waals surface area contributed by atoms with Gasteiger partial charge in [0.05, 0.1) is 6.04 Å². The van der Waals surface area contributed by atoms with Gasteiger partial charge in [0.15, 0.2) is 0 Å². The maximum absolute atomic E-state index is 3.96. The van der Waals surface area contributed by atoms with Gasteiger partial charge in [-0.25, -0.2) is 0 Å². The number of fused-ring (bicyclic) bond motifs is 9. The maximum Gasteiger partial charge on any atom is 0.104 e. The van der Waals surface area contributed by atoms with Crippen molar-refractivity contribution in [2.24, 2.45) is 0 Å². The molecule has 2 N–H and O–H groups in total. The Labute approximate surface area is 314 Å². The lowest BCUT2D eigenvalue weighted by Gasteiger charge is -2.34. The van der Waals surface area contributed by atoms with Crippen LogP contribution in [0.25, 0.3) is 81.5 Å². The normalized spacial score (nSPS) is 16.0. The Hall–Kier alpha value is -6.74. The van der Waals surface area contributed by atoms with Crippen LogP contribution >= 0.6 is 0 Å². The summed E-state index contributed by atoms with van der Waals surface area (Å²) >= 11 is 0. The first kappa shape index (κ1) is 30.8. The van der Waals surface area contributed by atoms with Crippen molar-refractivity contribution in [1.29, 1.82) is 0 Å². The van der Waals surface area contributed by atoms with Crippen LogP contribution in [0.3, 0.4) is 0 Å². The molecule has 2 atom stereocenters. The second-order valence-corrected chi connectivity index (χ2v) is 14.5. The van der Waals surface area contributed by atoms with E-state index in [0.717, 1.165) is 5.70 Å². The molecule has 11 rings (SSSR count). The van der Waals surface area contributed by atoms with E-state index < -0.39 is 0 Å². The zero-order valence-electron chi connectivity index (χ0n) is 29.6. The van der Waals surface area contributed by atoms with Crippen molar-refractivity contribution in [2.45, 2.75) is 12.2 Å². The molecule has 0 aliphatic carbocycles.